The van der Waals surface area contributed by atoms with Crippen molar-refractivity contribution in [1.82, 2.24) is 14.7 Å². The summed E-state index contributed by atoms with van der Waals surface area (Å²) in [5, 5.41) is 8.69. The average Bonchev–Trinajstić information content (AvgIpc) is 2.89. The molecule has 0 aliphatic carbocycles. The lowest BCUT2D eigenvalue weighted by atomic mass is 10.2. The summed E-state index contributed by atoms with van der Waals surface area (Å²) >= 11 is 6.11. The molecule has 0 spiro atoms. The normalized spacial score (nSPS) is 11.0. The zero-order chi connectivity index (χ0) is 17.1. The second-order valence-electron chi connectivity index (χ2n) is 6.12. The Kier molecular flexibility index (Phi) is 4.88. The van der Waals surface area contributed by atoms with Crippen LogP contribution in [0.2, 0.25) is 5.02 Å². The molecule has 0 saturated carbocycles. The molecule has 0 saturated heterocycles. The topological polar surface area (TPSA) is 33.1 Å². The Bertz CT molecular complexity index is 822. The molecular formula is C19H21ClN4. The van der Waals surface area contributed by atoms with Crippen molar-refractivity contribution in [3.63, 3.8) is 0 Å². The molecule has 1 N–H and O–H groups in total. The number of hydrogen-bond donors (Lipinski definition) is 1. The van der Waals surface area contributed by atoms with Crippen molar-refractivity contribution in [3.8, 4) is 5.69 Å². The number of rotatable bonds is 5. The molecule has 24 heavy (non-hydrogen) atoms. The monoisotopic (exact) mass is 340 g/mol. The molecule has 2 aromatic carbocycles. The van der Waals surface area contributed by atoms with E-state index in [9.17, 15) is 0 Å². The first-order valence-corrected chi connectivity index (χ1v) is 8.22. The minimum atomic E-state index is 0.694. The van der Waals surface area contributed by atoms with Crippen LogP contribution in [0, 0.1) is 6.92 Å². The minimum absolute atomic E-state index is 0.694. The summed E-state index contributed by atoms with van der Waals surface area (Å²) in [4.78, 5) is 2.15. The van der Waals surface area contributed by atoms with Crippen LogP contribution < -0.4 is 5.32 Å². The summed E-state index contributed by atoms with van der Waals surface area (Å²) in [5.74, 6) is 0.912. The molecule has 124 valence electrons. The van der Waals surface area contributed by atoms with E-state index in [1.54, 1.807) is 0 Å². The van der Waals surface area contributed by atoms with Gasteiger partial charge in [0.15, 0.2) is 0 Å². The number of nitrogens with one attached hydrogen (secondary N) is 1. The lowest BCUT2D eigenvalue weighted by molar-refractivity contribution is 0.402. The van der Waals surface area contributed by atoms with E-state index in [1.807, 2.05) is 41.9 Å². The average molecular weight is 341 g/mol. The highest BCUT2D eigenvalue weighted by molar-refractivity contribution is 6.30. The van der Waals surface area contributed by atoms with Crippen LogP contribution in [0.3, 0.4) is 0 Å². The fourth-order valence-corrected chi connectivity index (χ4v) is 2.78. The first-order valence-electron chi connectivity index (χ1n) is 7.84. The molecule has 3 rings (SSSR count). The predicted octanol–water partition coefficient (Wildman–Crippen LogP) is 4.64. The first-order chi connectivity index (χ1) is 11.5. The third-order valence-corrected chi connectivity index (χ3v) is 3.84. The van der Waals surface area contributed by atoms with Gasteiger partial charge in [0, 0.05) is 23.3 Å². The number of nitrogens with zero attached hydrogens (tertiary/aromatic N) is 3. The standard InChI is InChI=1S/C19H21ClN4/c1-14-11-19(24(22-14)18-6-4-5-16(20)12-18)21-17-9-7-15(8-10-17)13-23(2)3/h4-12,21H,13H2,1-3H3. The molecule has 0 fully saturated rings. The summed E-state index contributed by atoms with van der Waals surface area (Å²) < 4.78 is 1.87. The number of benzene rings is 2. The van der Waals surface area contributed by atoms with Crippen molar-refractivity contribution in [3.05, 3.63) is 70.9 Å². The highest BCUT2D eigenvalue weighted by Gasteiger charge is 2.08. The van der Waals surface area contributed by atoms with Crippen molar-refractivity contribution in [2.75, 3.05) is 19.4 Å². The number of halogens is 1. The van der Waals surface area contributed by atoms with Gasteiger partial charge in [-0.2, -0.15) is 5.10 Å². The highest BCUT2D eigenvalue weighted by Crippen LogP contribution is 2.23. The van der Waals surface area contributed by atoms with Crippen LogP contribution in [0.5, 0.6) is 0 Å². The van der Waals surface area contributed by atoms with Gasteiger partial charge in [-0.05, 0) is 56.9 Å². The summed E-state index contributed by atoms with van der Waals surface area (Å²) in [6.45, 7) is 2.91. The van der Waals surface area contributed by atoms with Crippen molar-refractivity contribution < 1.29 is 0 Å². The van der Waals surface area contributed by atoms with E-state index in [-0.39, 0.29) is 0 Å². The van der Waals surface area contributed by atoms with Crippen molar-refractivity contribution >= 4 is 23.1 Å². The predicted molar refractivity (Wildman–Crippen MR) is 100 cm³/mol. The summed E-state index contributed by atoms with van der Waals surface area (Å²) in [5.41, 5.74) is 4.19. The second-order valence-corrected chi connectivity index (χ2v) is 6.56. The van der Waals surface area contributed by atoms with Crippen LogP contribution in [0.25, 0.3) is 5.69 Å². The number of aryl methyl sites for hydroxylation is 1. The molecular weight excluding hydrogens is 320 g/mol. The molecule has 0 atom stereocenters. The number of hydrogen-bond acceptors (Lipinski definition) is 3. The maximum atomic E-state index is 6.11. The number of aromatic nitrogens is 2. The van der Waals surface area contributed by atoms with E-state index in [0.717, 1.165) is 29.4 Å². The van der Waals surface area contributed by atoms with Gasteiger partial charge in [0.05, 0.1) is 11.4 Å². The fraction of sp³-hybridized carbons (Fsp3) is 0.211. The molecule has 5 heteroatoms. The molecule has 0 radical (unpaired) electrons. The largest absolute Gasteiger partial charge is 0.340 e. The van der Waals surface area contributed by atoms with Crippen molar-refractivity contribution in [2.45, 2.75) is 13.5 Å². The molecule has 3 aromatic rings. The van der Waals surface area contributed by atoms with Crippen LogP contribution in [0.15, 0.2) is 54.6 Å². The van der Waals surface area contributed by atoms with Crippen LogP contribution in [0.1, 0.15) is 11.3 Å². The summed E-state index contributed by atoms with van der Waals surface area (Å²) in [6, 6.07) is 18.1. The zero-order valence-electron chi connectivity index (χ0n) is 14.1. The Morgan fingerprint density at radius 2 is 1.83 bits per heavy atom. The van der Waals surface area contributed by atoms with Gasteiger partial charge in [0.2, 0.25) is 0 Å². The van der Waals surface area contributed by atoms with Crippen LogP contribution in [0.4, 0.5) is 11.5 Å². The van der Waals surface area contributed by atoms with Gasteiger partial charge >= 0.3 is 0 Å². The van der Waals surface area contributed by atoms with Gasteiger partial charge in [-0.25, -0.2) is 4.68 Å². The van der Waals surface area contributed by atoms with Gasteiger partial charge in [-0.15, -0.1) is 0 Å². The highest BCUT2D eigenvalue weighted by atomic mass is 35.5. The molecule has 0 unspecified atom stereocenters. The van der Waals surface area contributed by atoms with E-state index in [1.165, 1.54) is 5.56 Å². The molecule has 1 heterocycles. The van der Waals surface area contributed by atoms with Crippen LogP contribution in [-0.2, 0) is 6.54 Å². The molecule has 0 aliphatic rings. The van der Waals surface area contributed by atoms with Gasteiger partial charge in [-0.3, -0.25) is 0 Å². The van der Waals surface area contributed by atoms with Crippen LogP contribution >= 0.6 is 11.6 Å². The maximum absolute atomic E-state index is 6.11. The van der Waals surface area contributed by atoms with E-state index in [0.29, 0.717) is 5.02 Å². The van der Waals surface area contributed by atoms with E-state index in [2.05, 4.69) is 53.7 Å². The van der Waals surface area contributed by atoms with Gasteiger partial charge in [0.1, 0.15) is 5.82 Å². The SMILES string of the molecule is Cc1cc(Nc2ccc(CN(C)C)cc2)n(-c2cccc(Cl)c2)n1. The molecule has 1 aromatic heterocycles. The third kappa shape index (κ3) is 3.96. The zero-order valence-corrected chi connectivity index (χ0v) is 14.9. The smallest absolute Gasteiger partial charge is 0.134 e. The van der Waals surface area contributed by atoms with Crippen molar-refractivity contribution in [1.29, 1.82) is 0 Å². The quantitative estimate of drug-likeness (QED) is 0.734. The Labute approximate surface area is 147 Å². The van der Waals surface area contributed by atoms with Gasteiger partial charge < -0.3 is 10.2 Å². The Balaban J connectivity index is 1.85. The summed E-state index contributed by atoms with van der Waals surface area (Å²) in [6.07, 6.45) is 0. The molecule has 0 bridgehead atoms. The second kappa shape index (κ2) is 7.07. The van der Waals surface area contributed by atoms with Crippen LogP contribution in [-0.4, -0.2) is 28.8 Å². The fourth-order valence-electron chi connectivity index (χ4n) is 2.60. The lowest BCUT2D eigenvalue weighted by Crippen LogP contribution is -2.10. The molecule has 0 aliphatic heterocycles. The summed E-state index contributed by atoms with van der Waals surface area (Å²) in [7, 11) is 4.14. The van der Waals surface area contributed by atoms with Gasteiger partial charge in [0.25, 0.3) is 0 Å². The maximum Gasteiger partial charge on any atom is 0.134 e. The Morgan fingerprint density at radius 3 is 2.50 bits per heavy atom. The first kappa shape index (κ1) is 16.6. The third-order valence-electron chi connectivity index (χ3n) is 3.61. The van der Waals surface area contributed by atoms with Crippen molar-refractivity contribution in [2.24, 2.45) is 0 Å². The Morgan fingerprint density at radius 1 is 1.08 bits per heavy atom. The van der Waals surface area contributed by atoms with Gasteiger partial charge in [-0.1, -0.05) is 29.8 Å². The van der Waals surface area contributed by atoms with E-state index in [4.69, 9.17) is 11.6 Å². The molecule has 4 nitrogen and oxygen atoms in total. The minimum Gasteiger partial charge on any atom is -0.340 e. The van der Waals surface area contributed by atoms with E-state index >= 15 is 0 Å². The lowest BCUT2D eigenvalue weighted by Gasteiger charge is -2.12. The van der Waals surface area contributed by atoms with E-state index < -0.39 is 0 Å². The Hall–Kier alpha value is -2.30. The molecule has 0 amide bonds. The number of anilines is 2.